The lowest BCUT2D eigenvalue weighted by molar-refractivity contribution is 0.113. The van der Waals surface area contributed by atoms with Crippen molar-refractivity contribution in [2.24, 2.45) is 0 Å². The summed E-state index contributed by atoms with van der Waals surface area (Å²) in [5, 5.41) is 3.82. The van der Waals surface area contributed by atoms with Crippen LogP contribution in [0, 0.1) is 0 Å². The number of halogens is 2. The fourth-order valence-electron chi connectivity index (χ4n) is 2.79. The zero-order valence-electron chi connectivity index (χ0n) is 15.2. The monoisotopic (exact) mass is 406 g/mol. The van der Waals surface area contributed by atoms with E-state index in [2.05, 4.69) is 9.88 Å². The first-order valence-electron chi connectivity index (χ1n) is 8.87. The topological polar surface area (TPSA) is 72.2 Å². The van der Waals surface area contributed by atoms with E-state index in [0.29, 0.717) is 17.7 Å². The van der Waals surface area contributed by atoms with Crippen LogP contribution in [0.5, 0.6) is 0 Å². The number of rotatable bonds is 8. The Morgan fingerprint density at radius 2 is 1.71 bits per heavy atom. The van der Waals surface area contributed by atoms with Crippen LogP contribution in [0.25, 0.3) is 22.4 Å². The zero-order chi connectivity index (χ0) is 20.1. The fraction of sp³-hybridized carbons (Fsp3) is 0.250. The molecule has 3 rings (SSSR count). The van der Waals surface area contributed by atoms with Gasteiger partial charge in [-0.2, -0.15) is 0 Å². The van der Waals surface area contributed by atoms with E-state index < -0.39 is 22.2 Å². The third kappa shape index (κ3) is 4.28. The Morgan fingerprint density at radius 1 is 1.04 bits per heavy atom. The van der Waals surface area contributed by atoms with Gasteiger partial charge in [0.05, 0.1) is 10.5 Å². The quantitative estimate of drug-likeness (QED) is 0.533. The Morgan fingerprint density at radius 3 is 2.32 bits per heavy atom. The van der Waals surface area contributed by atoms with Crippen LogP contribution in [0.2, 0.25) is 0 Å². The van der Waals surface area contributed by atoms with Crippen molar-refractivity contribution in [3.8, 4) is 22.4 Å². The van der Waals surface area contributed by atoms with Crippen LogP contribution in [0.4, 0.5) is 8.78 Å². The number of sulfonamides is 1. The number of alkyl halides is 2. The molecule has 0 atom stereocenters. The van der Waals surface area contributed by atoms with Crippen LogP contribution in [0.15, 0.2) is 64.0 Å². The van der Waals surface area contributed by atoms with Gasteiger partial charge in [-0.15, -0.1) is 0 Å². The lowest BCUT2D eigenvalue weighted by atomic mass is 9.99. The van der Waals surface area contributed by atoms with Gasteiger partial charge in [-0.05, 0) is 24.1 Å². The lowest BCUT2D eigenvalue weighted by Gasteiger charge is -2.08. The number of benzene rings is 2. The maximum Gasteiger partial charge on any atom is 0.298 e. The van der Waals surface area contributed by atoms with Crippen LogP contribution < -0.4 is 4.72 Å². The molecule has 0 fully saturated rings. The van der Waals surface area contributed by atoms with Gasteiger partial charge < -0.3 is 4.52 Å². The minimum absolute atomic E-state index is 0.0728. The van der Waals surface area contributed by atoms with Crippen LogP contribution in [-0.4, -0.2) is 20.1 Å². The summed E-state index contributed by atoms with van der Waals surface area (Å²) in [5.74, 6) is -0.546. The normalized spacial score (nSPS) is 11.9. The molecule has 0 aliphatic heterocycles. The molecule has 8 heteroatoms. The maximum absolute atomic E-state index is 13.4. The lowest BCUT2D eigenvalue weighted by Crippen LogP contribution is -2.24. The highest BCUT2D eigenvalue weighted by Crippen LogP contribution is 2.39. The molecule has 1 N–H and O–H groups in total. The molecule has 0 spiro atoms. The van der Waals surface area contributed by atoms with Gasteiger partial charge in [-0.1, -0.05) is 61.0 Å². The van der Waals surface area contributed by atoms with Crippen molar-refractivity contribution < 1.29 is 21.7 Å². The standard InChI is InChI=1S/C20H20F2N2O3S/c1-2-3-13-23-28(25,26)16-11-9-14(10-12-16)17-18(15-7-5-4-6-8-15)24-27-19(17)20(21)22/h4-12,20,23H,2-3,13H2,1H3. The Kier molecular flexibility index (Phi) is 6.21. The molecule has 0 saturated heterocycles. The number of nitrogens with zero attached hydrogens (tertiary/aromatic N) is 1. The van der Waals surface area contributed by atoms with E-state index in [4.69, 9.17) is 4.52 Å². The molecule has 148 valence electrons. The SMILES string of the molecule is CCCCNS(=O)(=O)c1ccc(-c2c(-c3ccccc3)noc2C(F)F)cc1. The first-order valence-corrected chi connectivity index (χ1v) is 10.4. The molecule has 2 aromatic carbocycles. The molecule has 0 saturated carbocycles. The summed E-state index contributed by atoms with van der Waals surface area (Å²) in [4.78, 5) is 0.0728. The average molecular weight is 406 g/mol. The summed E-state index contributed by atoms with van der Waals surface area (Å²) in [6.07, 6.45) is -1.25. The molecule has 3 aromatic rings. The number of aromatic nitrogens is 1. The van der Waals surface area contributed by atoms with E-state index in [1.165, 1.54) is 24.3 Å². The Hall–Kier alpha value is -2.58. The third-order valence-corrected chi connectivity index (χ3v) is 5.72. The highest BCUT2D eigenvalue weighted by atomic mass is 32.2. The summed E-state index contributed by atoms with van der Waals surface area (Å²) in [5.41, 5.74) is 1.48. The van der Waals surface area contributed by atoms with Gasteiger partial charge in [0.1, 0.15) is 5.69 Å². The molecule has 5 nitrogen and oxygen atoms in total. The average Bonchev–Trinajstić information content (AvgIpc) is 3.14. The molecule has 0 aliphatic carbocycles. The van der Waals surface area contributed by atoms with Gasteiger partial charge in [0.25, 0.3) is 6.43 Å². The predicted molar refractivity (Wildman–Crippen MR) is 102 cm³/mol. The Labute approximate surface area is 162 Å². The van der Waals surface area contributed by atoms with Crippen molar-refractivity contribution in [1.82, 2.24) is 9.88 Å². The molecule has 0 aliphatic rings. The molecule has 28 heavy (non-hydrogen) atoms. The second-order valence-corrected chi connectivity index (χ2v) is 7.98. The van der Waals surface area contributed by atoms with Gasteiger partial charge in [-0.25, -0.2) is 21.9 Å². The molecular weight excluding hydrogens is 386 g/mol. The van der Waals surface area contributed by atoms with E-state index in [1.54, 1.807) is 24.3 Å². The predicted octanol–water partition coefficient (Wildman–Crippen LogP) is 5.02. The smallest absolute Gasteiger partial charge is 0.298 e. The number of hydrogen-bond acceptors (Lipinski definition) is 4. The van der Waals surface area contributed by atoms with Crippen LogP contribution >= 0.6 is 0 Å². The second kappa shape index (κ2) is 8.62. The van der Waals surface area contributed by atoms with Crippen LogP contribution in [0.3, 0.4) is 0 Å². The summed E-state index contributed by atoms with van der Waals surface area (Å²) < 4.78 is 58.9. The summed E-state index contributed by atoms with van der Waals surface area (Å²) >= 11 is 0. The van der Waals surface area contributed by atoms with Crippen molar-refractivity contribution >= 4 is 10.0 Å². The molecular formula is C20H20F2N2O3S. The van der Waals surface area contributed by atoms with Crippen LogP contribution in [-0.2, 0) is 10.0 Å². The van der Waals surface area contributed by atoms with E-state index in [9.17, 15) is 17.2 Å². The molecule has 0 radical (unpaired) electrons. The largest absolute Gasteiger partial charge is 0.354 e. The number of unbranched alkanes of at least 4 members (excludes halogenated alkanes) is 1. The van der Waals surface area contributed by atoms with Gasteiger partial charge in [0.15, 0.2) is 0 Å². The first-order chi connectivity index (χ1) is 13.4. The molecule has 0 unspecified atom stereocenters. The van der Waals surface area contributed by atoms with Gasteiger partial charge >= 0.3 is 0 Å². The van der Waals surface area contributed by atoms with E-state index in [0.717, 1.165) is 12.8 Å². The summed E-state index contributed by atoms with van der Waals surface area (Å²) in [6, 6.07) is 14.6. The highest BCUT2D eigenvalue weighted by Gasteiger charge is 2.26. The molecule has 0 bridgehead atoms. The van der Waals surface area contributed by atoms with Crippen molar-refractivity contribution in [2.45, 2.75) is 31.1 Å². The van der Waals surface area contributed by atoms with Crippen molar-refractivity contribution in [2.75, 3.05) is 6.54 Å². The highest BCUT2D eigenvalue weighted by molar-refractivity contribution is 7.89. The van der Waals surface area contributed by atoms with Gasteiger partial charge in [0, 0.05) is 12.1 Å². The zero-order valence-corrected chi connectivity index (χ0v) is 16.0. The van der Waals surface area contributed by atoms with Crippen molar-refractivity contribution in [3.05, 3.63) is 60.4 Å². The minimum Gasteiger partial charge on any atom is -0.354 e. The molecule has 1 aromatic heterocycles. The second-order valence-electron chi connectivity index (χ2n) is 6.21. The van der Waals surface area contributed by atoms with E-state index in [1.807, 2.05) is 13.0 Å². The number of hydrogen-bond donors (Lipinski definition) is 1. The van der Waals surface area contributed by atoms with Gasteiger partial charge in [-0.3, -0.25) is 0 Å². The molecule has 1 heterocycles. The van der Waals surface area contributed by atoms with Crippen LogP contribution in [0.1, 0.15) is 32.0 Å². The van der Waals surface area contributed by atoms with Crippen molar-refractivity contribution in [1.29, 1.82) is 0 Å². The molecule has 0 amide bonds. The Balaban J connectivity index is 1.99. The van der Waals surface area contributed by atoms with E-state index in [-0.39, 0.29) is 16.2 Å². The summed E-state index contributed by atoms with van der Waals surface area (Å²) in [6.45, 7) is 2.31. The summed E-state index contributed by atoms with van der Waals surface area (Å²) in [7, 11) is -3.64. The maximum atomic E-state index is 13.4. The van der Waals surface area contributed by atoms with E-state index >= 15 is 0 Å². The fourth-order valence-corrected chi connectivity index (χ4v) is 3.87. The minimum atomic E-state index is -3.64. The Bertz CT molecular complexity index is 1020. The first kappa shape index (κ1) is 20.2. The number of nitrogens with one attached hydrogen (secondary N) is 1. The van der Waals surface area contributed by atoms with Crippen molar-refractivity contribution in [3.63, 3.8) is 0 Å². The van der Waals surface area contributed by atoms with Gasteiger partial charge in [0.2, 0.25) is 15.8 Å². The third-order valence-electron chi connectivity index (χ3n) is 4.24.